The summed E-state index contributed by atoms with van der Waals surface area (Å²) >= 11 is 0. The lowest BCUT2D eigenvalue weighted by atomic mass is 10.2. The number of rotatable bonds is 8. The fraction of sp³-hybridized carbons (Fsp3) is 0.533. The highest BCUT2D eigenvalue weighted by Gasteiger charge is 2.20. The Bertz CT molecular complexity index is 464. The predicted molar refractivity (Wildman–Crippen MR) is 84.2 cm³/mol. The van der Waals surface area contributed by atoms with Crippen LogP contribution in [0.1, 0.15) is 18.4 Å². The Morgan fingerprint density at radius 1 is 1.29 bits per heavy atom. The number of carbonyl (C=O) groups excluding carboxylic acids is 1. The molecule has 1 fully saturated rings. The molecule has 0 radical (unpaired) electrons. The van der Waals surface area contributed by atoms with Gasteiger partial charge in [0.1, 0.15) is 11.5 Å². The van der Waals surface area contributed by atoms with Crippen molar-refractivity contribution in [2.45, 2.75) is 19.4 Å². The van der Waals surface area contributed by atoms with Crippen LogP contribution in [0.5, 0.6) is 11.5 Å². The molecule has 1 amide bonds. The maximum Gasteiger partial charge on any atom is 0.234 e. The van der Waals surface area contributed by atoms with Crippen LogP contribution < -0.4 is 20.1 Å². The zero-order chi connectivity index (χ0) is 14.4. The van der Waals surface area contributed by atoms with E-state index in [9.17, 15) is 4.79 Å². The highest BCUT2D eigenvalue weighted by Crippen LogP contribution is 2.27. The summed E-state index contributed by atoms with van der Waals surface area (Å²) in [5.74, 6) is 2.24. The normalized spacial score (nSPS) is 13.2. The maximum atomic E-state index is 11.7. The van der Waals surface area contributed by atoms with Crippen molar-refractivity contribution in [2.75, 3.05) is 27.3 Å². The molecule has 0 unspecified atom stereocenters. The van der Waals surface area contributed by atoms with Gasteiger partial charge in [0.25, 0.3) is 0 Å². The van der Waals surface area contributed by atoms with E-state index in [1.54, 1.807) is 14.2 Å². The van der Waals surface area contributed by atoms with Gasteiger partial charge < -0.3 is 20.1 Å². The second-order valence-corrected chi connectivity index (χ2v) is 5.03. The summed E-state index contributed by atoms with van der Waals surface area (Å²) in [6.45, 7) is 1.77. The first-order valence-corrected chi connectivity index (χ1v) is 6.91. The quantitative estimate of drug-likeness (QED) is 0.767. The molecule has 1 aliphatic rings. The minimum absolute atomic E-state index is 0. The number of hydrogen-bond acceptors (Lipinski definition) is 4. The van der Waals surface area contributed by atoms with Crippen molar-refractivity contribution >= 4 is 18.3 Å². The van der Waals surface area contributed by atoms with Gasteiger partial charge in [0, 0.05) is 18.2 Å². The molecule has 0 spiro atoms. The fourth-order valence-electron chi connectivity index (χ4n) is 1.97. The van der Waals surface area contributed by atoms with Crippen molar-refractivity contribution in [3.8, 4) is 11.5 Å². The lowest BCUT2D eigenvalue weighted by Gasteiger charge is -2.11. The van der Waals surface area contributed by atoms with Gasteiger partial charge >= 0.3 is 0 Å². The van der Waals surface area contributed by atoms with Crippen molar-refractivity contribution in [3.05, 3.63) is 23.8 Å². The molecule has 1 aromatic carbocycles. The molecule has 118 valence electrons. The second kappa shape index (κ2) is 8.74. The average Bonchev–Trinajstić information content (AvgIpc) is 3.29. The minimum Gasteiger partial charge on any atom is -0.497 e. The molecule has 0 aliphatic heterocycles. The number of halogens is 1. The van der Waals surface area contributed by atoms with E-state index in [0.717, 1.165) is 29.5 Å². The molecule has 0 atom stereocenters. The van der Waals surface area contributed by atoms with Crippen LogP contribution in [0, 0.1) is 5.92 Å². The lowest BCUT2D eigenvalue weighted by molar-refractivity contribution is -0.120. The average molecular weight is 315 g/mol. The fourth-order valence-corrected chi connectivity index (χ4v) is 1.97. The molecule has 1 aromatic rings. The van der Waals surface area contributed by atoms with E-state index in [0.29, 0.717) is 13.1 Å². The van der Waals surface area contributed by atoms with Gasteiger partial charge in [-0.2, -0.15) is 0 Å². The lowest BCUT2D eigenvalue weighted by Crippen LogP contribution is -2.34. The highest BCUT2D eigenvalue weighted by atomic mass is 35.5. The van der Waals surface area contributed by atoms with Crippen LogP contribution in [0.3, 0.4) is 0 Å². The van der Waals surface area contributed by atoms with Crippen LogP contribution in [0.25, 0.3) is 0 Å². The van der Waals surface area contributed by atoms with Crippen LogP contribution in [0.15, 0.2) is 18.2 Å². The number of methoxy groups -OCH3 is 2. The monoisotopic (exact) mass is 314 g/mol. The Balaban J connectivity index is 0.00000220. The van der Waals surface area contributed by atoms with Gasteiger partial charge in [-0.05, 0) is 37.4 Å². The molecule has 2 rings (SSSR count). The smallest absolute Gasteiger partial charge is 0.234 e. The first kappa shape index (κ1) is 17.6. The van der Waals surface area contributed by atoms with Gasteiger partial charge in [-0.3, -0.25) is 4.79 Å². The standard InChI is InChI=1S/C15H22N2O3.ClH/c1-19-13-6-5-12(14(7-13)20-2)9-17-15(18)10-16-8-11-3-4-11;/h5-7,11,16H,3-4,8-10H2,1-2H3,(H,17,18);1H. The summed E-state index contributed by atoms with van der Waals surface area (Å²) in [6.07, 6.45) is 2.58. The Morgan fingerprint density at radius 3 is 2.67 bits per heavy atom. The largest absolute Gasteiger partial charge is 0.497 e. The molecule has 0 bridgehead atoms. The highest BCUT2D eigenvalue weighted by molar-refractivity contribution is 5.85. The molecular weight excluding hydrogens is 292 g/mol. The number of ether oxygens (including phenoxy) is 2. The van der Waals surface area contributed by atoms with Crippen molar-refractivity contribution in [1.29, 1.82) is 0 Å². The zero-order valence-electron chi connectivity index (χ0n) is 12.5. The molecule has 5 nitrogen and oxygen atoms in total. The van der Waals surface area contributed by atoms with Gasteiger partial charge in [-0.1, -0.05) is 0 Å². The molecule has 21 heavy (non-hydrogen) atoms. The Labute approximate surface area is 131 Å². The SMILES string of the molecule is COc1ccc(CNC(=O)CNCC2CC2)c(OC)c1.Cl. The van der Waals surface area contributed by atoms with Crippen molar-refractivity contribution in [1.82, 2.24) is 10.6 Å². The first-order valence-electron chi connectivity index (χ1n) is 6.91. The molecule has 1 saturated carbocycles. The molecular formula is C15H23ClN2O3. The Kier molecular flexibility index (Phi) is 7.32. The molecule has 2 N–H and O–H groups in total. The Morgan fingerprint density at radius 2 is 2.05 bits per heavy atom. The number of nitrogens with one attached hydrogen (secondary N) is 2. The maximum absolute atomic E-state index is 11.7. The number of hydrogen-bond donors (Lipinski definition) is 2. The van der Waals surface area contributed by atoms with E-state index in [1.807, 2.05) is 18.2 Å². The van der Waals surface area contributed by atoms with E-state index < -0.39 is 0 Å². The number of carbonyl (C=O) groups is 1. The zero-order valence-corrected chi connectivity index (χ0v) is 13.3. The first-order chi connectivity index (χ1) is 9.72. The minimum atomic E-state index is 0. The molecule has 0 saturated heterocycles. The molecule has 0 aromatic heterocycles. The van der Waals surface area contributed by atoms with Crippen LogP contribution in [-0.2, 0) is 11.3 Å². The number of benzene rings is 1. The third-order valence-electron chi connectivity index (χ3n) is 3.39. The summed E-state index contributed by atoms with van der Waals surface area (Å²) in [6, 6.07) is 5.57. The third-order valence-corrected chi connectivity index (χ3v) is 3.39. The molecule has 0 heterocycles. The summed E-state index contributed by atoms with van der Waals surface area (Å²) < 4.78 is 10.4. The van der Waals surface area contributed by atoms with E-state index in [2.05, 4.69) is 10.6 Å². The third kappa shape index (κ3) is 5.81. The Hall–Kier alpha value is -1.46. The summed E-state index contributed by atoms with van der Waals surface area (Å²) in [5.41, 5.74) is 0.934. The van der Waals surface area contributed by atoms with Crippen LogP contribution in [0.4, 0.5) is 0 Å². The molecule has 6 heteroatoms. The van der Waals surface area contributed by atoms with Gasteiger partial charge in [0.15, 0.2) is 0 Å². The summed E-state index contributed by atoms with van der Waals surface area (Å²) in [7, 11) is 3.22. The van der Waals surface area contributed by atoms with Gasteiger partial charge in [-0.25, -0.2) is 0 Å². The number of amides is 1. The molecule has 1 aliphatic carbocycles. The van der Waals surface area contributed by atoms with Crippen LogP contribution in [-0.4, -0.2) is 33.2 Å². The van der Waals surface area contributed by atoms with Gasteiger partial charge in [0.05, 0.1) is 20.8 Å². The van der Waals surface area contributed by atoms with Crippen molar-refractivity contribution in [2.24, 2.45) is 5.92 Å². The summed E-state index contributed by atoms with van der Waals surface area (Å²) in [4.78, 5) is 11.7. The van der Waals surface area contributed by atoms with E-state index >= 15 is 0 Å². The van der Waals surface area contributed by atoms with Gasteiger partial charge in [-0.15, -0.1) is 12.4 Å². The van der Waals surface area contributed by atoms with Crippen LogP contribution >= 0.6 is 12.4 Å². The van der Waals surface area contributed by atoms with Crippen LogP contribution in [0.2, 0.25) is 0 Å². The van der Waals surface area contributed by atoms with E-state index in [4.69, 9.17) is 9.47 Å². The van der Waals surface area contributed by atoms with Crippen molar-refractivity contribution in [3.63, 3.8) is 0 Å². The topological polar surface area (TPSA) is 59.6 Å². The van der Waals surface area contributed by atoms with E-state index in [1.165, 1.54) is 12.8 Å². The van der Waals surface area contributed by atoms with Gasteiger partial charge in [0.2, 0.25) is 5.91 Å². The second-order valence-electron chi connectivity index (χ2n) is 5.03. The predicted octanol–water partition coefficient (Wildman–Crippen LogP) is 1.74. The summed E-state index contributed by atoms with van der Waals surface area (Å²) in [5, 5.41) is 6.05. The van der Waals surface area contributed by atoms with Crippen molar-refractivity contribution < 1.29 is 14.3 Å². The van der Waals surface area contributed by atoms with E-state index in [-0.39, 0.29) is 18.3 Å².